The zero-order valence-electron chi connectivity index (χ0n) is 12.9. The molecule has 0 aliphatic heterocycles. The van der Waals surface area contributed by atoms with E-state index in [0.717, 1.165) is 34.5 Å². The summed E-state index contributed by atoms with van der Waals surface area (Å²) in [7, 11) is 0. The number of hydrogen-bond donors (Lipinski definition) is 2. The van der Waals surface area contributed by atoms with Gasteiger partial charge in [-0.1, -0.05) is 24.3 Å². The fourth-order valence-electron chi connectivity index (χ4n) is 3.01. The van der Waals surface area contributed by atoms with Crippen molar-refractivity contribution in [3.63, 3.8) is 0 Å². The maximum atomic E-state index is 12.7. The number of nitrogens with zero attached hydrogens (tertiary/aromatic N) is 2. The van der Waals surface area contributed by atoms with Gasteiger partial charge < -0.3 is 11.1 Å². The van der Waals surface area contributed by atoms with Crippen LogP contribution in [0.4, 0.5) is 30.6 Å². The Labute approximate surface area is 141 Å². The summed E-state index contributed by atoms with van der Waals surface area (Å²) in [4.78, 5) is 8.54. The first kappa shape index (κ1) is 15.4. The number of rotatable bonds is 2. The van der Waals surface area contributed by atoms with E-state index in [1.165, 1.54) is 12.1 Å². The van der Waals surface area contributed by atoms with Gasteiger partial charge in [-0.05, 0) is 35.4 Å². The summed E-state index contributed by atoms with van der Waals surface area (Å²) in [6, 6.07) is 12.6. The van der Waals surface area contributed by atoms with Crippen LogP contribution in [0.15, 0.2) is 48.5 Å². The lowest BCUT2D eigenvalue weighted by molar-refractivity contribution is -0.137. The van der Waals surface area contributed by atoms with Gasteiger partial charge in [-0.3, -0.25) is 0 Å². The van der Waals surface area contributed by atoms with Gasteiger partial charge in [-0.15, -0.1) is 0 Å². The molecule has 1 aliphatic carbocycles. The third-order valence-electron chi connectivity index (χ3n) is 4.12. The molecule has 0 fully saturated rings. The number of nitrogens with two attached hydrogens (primary N) is 1. The fraction of sp³-hybridized carbons (Fsp3) is 0.111. The van der Waals surface area contributed by atoms with Crippen molar-refractivity contribution < 1.29 is 13.2 Å². The molecule has 0 saturated heterocycles. The highest BCUT2D eigenvalue weighted by molar-refractivity contribution is 5.86. The number of nitrogens with one attached hydrogen (secondary N) is 1. The molecule has 0 bridgehead atoms. The number of anilines is 3. The molecule has 1 aromatic heterocycles. The van der Waals surface area contributed by atoms with Crippen LogP contribution in [0.3, 0.4) is 0 Å². The standard InChI is InChI=1S/C18H13F3N4/c19-18(20,21)11-5-7-12(8-6-11)23-16-15-13-4-2-1-3-10(13)9-14(15)24-17(22)25-16/h1-8H,9H2,(H3,22,23,24,25). The number of benzene rings is 2. The molecule has 0 radical (unpaired) electrons. The summed E-state index contributed by atoms with van der Waals surface area (Å²) in [5, 5.41) is 3.07. The summed E-state index contributed by atoms with van der Waals surface area (Å²) in [5.74, 6) is 0.619. The average Bonchev–Trinajstić information content (AvgIpc) is 2.92. The molecule has 0 atom stereocenters. The number of alkyl halides is 3. The number of fused-ring (bicyclic) bond motifs is 3. The van der Waals surface area contributed by atoms with Crippen LogP contribution in [0, 0.1) is 0 Å². The highest BCUT2D eigenvalue weighted by Gasteiger charge is 2.30. The van der Waals surface area contributed by atoms with E-state index in [1.807, 2.05) is 24.3 Å². The number of hydrogen-bond acceptors (Lipinski definition) is 4. The summed E-state index contributed by atoms with van der Waals surface area (Å²) in [5.41, 5.74) is 9.36. The molecule has 4 nitrogen and oxygen atoms in total. The predicted molar refractivity (Wildman–Crippen MR) is 89.4 cm³/mol. The van der Waals surface area contributed by atoms with Gasteiger partial charge in [0, 0.05) is 17.7 Å². The van der Waals surface area contributed by atoms with Gasteiger partial charge in [0.15, 0.2) is 0 Å². The minimum Gasteiger partial charge on any atom is -0.368 e. The third kappa shape index (κ3) is 2.77. The quantitative estimate of drug-likeness (QED) is 0.567. The molecule has 1 heterocycles. The summed E-state index contributed by atoms with van der Waals surface area (Å²) in [6.45, 7) is 0. The van der Waals surface area contributed by atoms with Crippen LogP contribution < -0.4 is 11.1 Å². The summed E-state index contributed by atoms with van der Waals surface area (Å²) < 4.78 is 38.1. The predicted octanol–water partition coefficient (Wildman–Crippen LogP) is 4.39. The Morgan fingerprint density at radius 1 is 0.960 bits per heavy atom. The monoisotopic (exact) mass is 342 g/mol. The van der Waals surface area contributed by atoms with Crippen LogP contribution in [0.2, 0.25) is 0 Å². The van der Waals surface area contributed by atoms with Crippen LogP contribution in [0.1, 0.15) is 16.8 Å². The first-order chi connectivity index (χ1) is 11.9. The number of aromatic nitrogens is 2. The minimum absolute atomic E-state index is 0.126. The lowest BCUT2D eigenvalue weighted by Crippen LogP contribution is -2.06. The van der Waals surface area contributed by atoms with Crippen molar-refractivity contribution in [2.75, 3.05) is 11.1 Å². The van der Waals surface area contributed by atoms with Gasteiger partial charge in [0.1, 0.15) is 5.82 Å². The maximum Gasteiger partial charge on any atom is 0.416 e. The molecule has 0 saturated carbocycles. The summed E-state index contributed by atoms with van der Waals surface area (Å²) >= 11 is 0. The molecule has 2 aromatic carbocycles. The van der Waals surface area contributed by atoms with Crippen molar-refractivity contribution in [1.82, 2.24) is 9.97 Å². The fourth-order valence-corrected chi connectivity index (χ4v) is 3.01. The molecule has 4 rings (SSSR count). The largest absolute Gasteiger partial charge is 0.416 e. The number of halogens is 3. The zero-order chi connectivity index (χ0) is 17.6. The van der Waals surface area contributed by atoms with Crippen molar-refractivity contribution in [2.45, 2.75) is 12.6 Å². The van der Waals surface area contributed by atoms with Crippen molar-refractivity contribution in [3.8, 4) is 11.1 Å². The van der Waals surface area contributed by atoms with E-state index < -0.39 is 11.7 Å². The molecule has 126 valence electrons. The van der Waals surface area contributed by atoms with Gasteiger partial charge in [0.05, 0.1) is 11.3 Å². The van der Waals surface area contributed by atoms with Gasteiger partial charge >= 0.3 is 6.18 Å². The Kier molecular flexibility index (Phi) is 3.38. The molecule has 25 heavy (non-hydrogen) atoms. The first-order valence-electron chi connectivity index (χ1n) is 7.61. The van der Waals surface area contributed by atoms with E-state index in [9.17, 15) is 13.2 Å². The van der Waals surface area contributed by atoms with E-state index >= 15 is 0 Å². The molecular formula is C18H13F3N4. The third-order valence-corrected chi connectivity index (χ3v) is 4.12. The van der Waals surface area contributed by atoms with Crippen LogP contribution in [-0.4, -0.2) is 9.97 Å². The van der Waals surface area contributed by atoms with Crippen LogP contribution in [-0.2, 0) is 12.6 Å². The highest BCUT2D eigenvalue weighted by atomic mass is 19.4. The topological polar surface area (TPSA) is 63.8 Å². The van der Waals surface area contributed by atoms with Crippen molar-refractivity contribution in [3.05, 3.63) is 65.4 Å². The SMILES string of the molecule is Nc1nc2c(c(Nc3ccc(C(F)(F)F)cc3)n1)-c1ccccc1C2. The van der Waals surface area contributed by atoms with E-state index in [1.54, 1.807) is 0 Å². The van der Waals surface area contributed by atoms with Crippen LogP contribution in [0.5, 0.6) is 0 Å². The Bertz CT molecular complexity index is 950. The van der Waals surface area contributed by atoms with Gasteiger partial charge in [0.2, 0.25) is 5.95 Å². The first-order valence-corrected chi connectivity index (χ1v) is 7.61. The highest BCUT2D eigenvalue weighted by Crippen LogP contribution is 2.41. The summed E-state index contributed by atoms with van der Waals surface area (Å²) in [6.07, 6.45) is -3.71. The molecule has 3 aromatic rings. The molecule has 3 N–H and O–H groups in total. The van der Waals surface area contributed by atoms with E-state index in [4.69, 9.17) is 5.73 Å². The normalized spacial score (nSPS) is 12.6. The van der Waals surface area contributed by atoms with Gasteiger partial charge in [-0.25, -0.2) is 4.98 Å². The van der Waals surface area contributed by atoms with E-state index in [0.29, 0.717) is 17.9 Å². The second-order valence-corrected chi connectivity index (χ2v) is 5.79. The lowest BCUT2D eigenvalue weighted by Gasteiger charge is -2.13. The smallest absolute Gasteiger partial charge is 0.368 e. The second-order valence-electron chi connectivity index (χ2n) is 5.79. The molecule has 0 spiro atoms. The van der Waals surface area contributed by atoms with Crippen molar-refractivity contribution in [1.29, 1.82) is 0 Å². The van der Waals surface area contributed by atoms with E-state index in [-0.39, 0.29) is 5.95 Å². The van der Waals surface area contributed by atoms with E-state index in [2.05, 4.69) is 15.3 Å². The average molecular weight is 342 g/mol. The zero-order valence-corrected chi connectivity index (χ0v) is 12.9. The Balaban J connectivity index is 1.73. The minimum atomic E-state index is -4.36. The van der Waals surface area contributed by atoms with Crippen LogP contribution in [0.25, 0.3) is 11.1 Å². The van der Waals surface area contributed by atoms with Crippen molar-refractivity contribution in [2.24, 2.45) is 0 Å². The molecule has 0 unspecified atom stereocenters. The Morgan fingerprint density at radius 3 is 2.40 bits per heavy atom. The maximum absolute atomic E-state index is 12.7. The molecule has 7 heteroatoms. The van der Waals surface area contributed by atoms with Crippen molar-refractivity contribution >= 4 is 17.5 Å². The Morgan fingerprint density at radius 2 is 1.68 bits per heavy atom. The lowest BCUT2D eigenvalue weighted by atomic mass is 10.1. The van der Waals surface area contributed by atoms with Crippen LogP contribution >= 0.6 is 0 Å². The molecule has 1 aliphatic rings. The molecule has 0 amide bonds. The van der Waals surface area contributed by atoms with Gasteiger partial charge in [0.25, 0.3) is 0 Å². The second kappa shape index (κ2) is 5.47. The number of nitrogen functional groups attached to an aromatic ring is 1. The molecular weight excluding hydrogens is 329 g/mol. The Hall–Kier alpha value is -3.09. The van der Waals surface area contributed by atoms with Gasteiger partial charge in [-0.2, -0.15) is 18.2 Å².